The minimum atomic E-state index is 0.644. The Morgan fingerprint density at radius 2 is 0.915 bits per heavy atom. The molecule has 0 atom stereocenters. The van der Waals surface area contributed by atoms with Crippen LogP contribution in [0, 0.1) is 0 Å². The molecule has 0 fully saturated rings. The molecule has 0 unspecified atom stereocenters. The topological polar surface area (TPSA) is 51.8 Å². The van der Waals surface area contributed by atoms with Crippen molar-refractivity contribution >= 4 is 65.0 Å². The lowest BCUT2D eigenvalue weighted by Gasteiger charge is -2.11. The summed E-state index contributed by atoms with van der Waals surface area (Å²) < 4.78 is 6.29. The quantitative estimate of drug-likeness (QED) is 0.190. The molecule has 0 aliphatic rings. The van der Waals surface area contributed by atoms with E-state index in [2.05, 4.69) is 109 Å². The highest BCUT2D eigenvalue weighted by atomic mass is 16.3. The molecule has 218 valence electrons. The first-order valence-corrected chi connectivity index (χ1v) is 15.8. The lowest BCUT2D eigenvalue weighted by Crippen LogP contribution is -2.00. The number of furan rings is 1. The van der Waals surface area contributed by atoms with Crippen molar-refractivity contribution in [2.45, 2.75) is 0 Å². The van der Waals surface area contributed by atoms with Gasteiger partial charge >= 0.3 is 0 Å². The van der Waals surface area contributed by atoms with Crippen molar-refractivity contribution in [2.24, 2.45) is 0 Å². The van der Waals surface area contributed by atoms with Crippen LogP contribution in [0.1, 0.15) is 0 Å². The minimum absolute atomic E-state index is 0.644. The van der Waals surface area contributed by atoms with Crippen molar-refractivity contribution in [1.82, 2.24) is 15.0 Å². The van der Waals surface area contributed by atoms with Crippen molar-refractivity contribution in [2.75, 3.05) is 0 Å². The normalized spacial score (nSPS) is 11.8. The largest absolute Gasteiger partial charge is 0.456 e. The van der Waals surface area contributed by atoms with Gasteiger partial charge in [0.05, 0.1) is 0 Å². The van der Waals surface area contributed by atoms with Crippen LogP contribution in [0.3, 0.4) is 0 Å². The molecule has 0 aliphatic heterocycles. The van der Waals surface area contributed by atoms with E-state index in [1.54, 1.807) is 0 Å². The van der Waals surface area contributed by atoms with Crippen LogP contribution in [0.25, 0.3) is 99.2 Å². The number of fused-ring (bicyclic) bond motifs is 9. The number of hydrogen-bond acceptors (Lipinski definition) is 4. The third kappa shape index (κ3) is 4.19. The van der Waals surface area contributed by atoms with Crippen molar-refractivity contribution in [1.29, 1.82) is 0 Å². The van der Waals surface area contributed by atoms with Gasteiger partial charge in [0.1, 0.15) is 11.2 Å². The number of hydrogen-bond donors (Lipinski definition) is 0. The molecule has 0 saturated carbocycles. The molecule has 8 aromatic carbocycles. The summed E-state index contributed by atoms with van der Waals surface area (Å²) in [6, 6.07) is 52.9. The number of nitrogens with zero attached hydrogens (tertiary/aromatic N) is 3. The van der Waals surface area contributed by atoms with Crippen molar-refractivity contribution in [3.05, 3.63) is 152 Å². The highest BCUT2D eigenvalue weighted by Crippen LogP contribution is 2.38. The van der Waals surface area contributed by atoms with Gasteiger partial charge in [-0.15, -0.1) is 0 Å². The first-order valence-electron chi connectivity index (χ1n) is 15.8. The summed E-state index contributed by atoms with van der Waals surface area (Å²) >= 11 is 0. The van der Waals surface area contributed by atoms with Crippen molar-refractivity contribution in [3.63, 3.8) is 0 Å². The van der Waals surface area contributed by atoms with E-state index in [0.717, 1.165) is 49.4 Å². The van der Waals surface area contributed by atoms with E-state index >= 15 is 0 Å². The molecule has 10 aromatic rings. The van der Waals surface area contributed by atoms with Crippen LogP contribution in [0.5, 0.6) is 0 Å². The second-order valence-electron chi connectivity index (χ2n) is 12.1. The van der Waals surface area contributed by atoms with E-state index in [1.165, 1.54) is 32.3 Å². The predicted molar refractivity (Wildman–Crippen MR) is 193 cm³/mol. The summed E-state index contributed by atoms with van der Waals surface area (Å²) in [5.74, 6) is 1.95. The molecule has 0 N–H and O–H groups in total. The Morgan fingerprint density at radius 1 is 0.319 bits per heavy atom. The molecule has 0 amide bonds. The third-order valence-electron chi connectivity index (χ3n) is 9.25. The molecule has 47 heavy (non-hydrogen) atoms. The van der Waals surface area contributed by atoms with E-state index in [-0.39, 0.29) is 0 Å². The van der Waals surface area contributed by atoms with E-state index < -0.39 is 0 Å². The van der Waals surface area contributed by atoms with Crippen LogP contribution < -0.4 is 0 Å². The zero-order chi connectivity index (χ0) is 30.9. The van der Waals surface area contributed by atoms with Gasteiger partial charge < -0.3 is 4.42 Å². The van der Waals surface area contributed by atoms with E-state index in [4.69, 9.17) is 19.4 Å². The van der Waals surface area contributed by atoms with Gasteiger partial charge in [0.15, 0.2) is 17.5 Å². The van der Waals surface area contributed by atoms with Gasteiger partial charge in [0, 0.05) is 27.5 Å². The molecule has 2 heterocycles. The van der Waals surface area contributed by atoms with Crippen molar-refractivity contribution in [3.8, 4) is 34.2 Å². The Morgan fingerprint density at radius 3 is 1.72 bits per heavy atom. The third-order valence-corrected chi connectivity index (χ3v) is 9.25. The Kier molecular flexibility index (Phi) is 5.54. The van der Waals surface area contributed by atoms with E-state index in [9.17, 15) is 0 Å². The summed E-state index contributed by atoms with van der Waals surface area (Å²) in [4.78, 5) is 15.0. The molecule has 2 aromatic heterocycles. The van der Waals surface area contributed by atoms with Crippen LogP contribution in [-0.4, -0.2) is 15.0 Å². The predicted octanol–water partition coefficient (Wildman–Crippen LogP) is 11.4. The zero-order valence-corrected chi connectivity index (χ0v) is 25.2. The molecule has 4 heteroatoms. The first-order chi connectivity index (χ1) is 23.2. The summed E-state index contributed by atoms with van der Waals surface area (Å²) in [5, 5.41) is 11.7. The van der Waals surface area contributed by atoms with Crippen LogP contribution in [0.2, 0.25) is 0 Å². The fourth-order valence-electron chi connectivity index (χ4n) is 6.93. The lowest BCUT2D eigenvalue weighted by molar-refractivity contribution is 0.669. The molecule has 0 radical (unpaired) electrons. The average Bonchev–Trinajstić information content (AvgIpc) is 3.50. The molecular formula is C43H25N3O. The van der Waals surface area contributed by atoms with Crippen LogP contribution in [-0.2, 0) is 0 Å². The van der Waals surface area contributed by atoms with Gasteiger partial charge in [-0.3, -0.25) is 0 Å². The summed E-state index contributed by atoms with van der Waals surface area (Å²) in [5.41, 5.74) is 4.66. The first kappa shape index (κ1) is 25.9. The minimum Gasteiger partial charge on any atom is -0.456 e. The smallest absolute Gasteiger partial charge is 0.164 e. The molecule has 0 spiro atoms. The molecular weight excluding hydrogens is 574 g/mol. The Labute approximate surface area is 269 Å². The van der Waals surface area contributed by atoms with Crippen LogP contribution in [0.4, 0.5) is 0 Å². The Bertz CT molecular complexity index is 2850. The highest BCUT2D eigenvalue weighted by Gasteiger charge is 2.15. The monoisotopic (exact) mass is 599 g/mol. The van der Waals surface area contributed by atoms with E-state index in [0.29, 0.717) is 17.5 Å². The molecule has 0 saturated heterocycles. The fourth-order valence-corrected chi connectivity index (χ4v) is 6.93. The molecule has 0 aliphatic carbocycles. The van der Waals surface area contributed by atoms with Gasteiger partial charge in [0.25, 0.3) is 0 Å². The van der Waals surface area contributed by atoms with Gasteiger partial charge in [-0.1, -0.05) is 121 Å². The Hall–Kier alpha value is -6.39. The summed E-state index contributed by atoms with van der Waals surface area (Å²) in [6.07, 6.45) is 0. The number of aromatic nitrogens is 3. The number of para-hydroxylation sites is 1. The van der Waals surface area contributed by atoms with Gasteiger partial charge in [-0.2, -0.15) is 0 Å². The van der Waals surface area contributed by atoms with Gasteiger partial charge in [-0.05, 0) is 73.4 Å². The number of benzene rings is 8. The molecule has 4 nitrogen and oxygen atoms in total. The summed E-state index contributed by atoms with van der Waals surface area (Å²) in [6.45, 7) is 0. The van der Waals surface area contributed by atoms with E-state index in [1.807, 2.05) is 42.5 Å². The highest BCUT2D eigenvalue weighted by molar-refractivity contribution is 6.23. The SMILES string of the molecule is c1ccc(-c2nc(-c3ccc4ccccc4c3)nc(-c3ccc4c(ccc5ccc6cc7c(cc6c54)oc4ccccc47)c3)n2)cc1. The standard InChI is InChI=1S/C43H25N3O/c1-2-9-28(10-3-1)41-44-42(32-19-14-26-8-4-5-11-29(26)22-32)46-43(45-41)33-20-21-34-30(23-33)17-15-27-16-18-31-24-37-35-12-6-7-13-38(35)47-39(37)25-36(31)40(27)34/h1-25H. The van der Waals surface area contributed by atoms with Gasteiger partial charge in [-0.25, -0.2) is 15.0 Å². The zero-order valence-electron chi connectivity index (χ0n) is 25.2. The van der Waals surface area contributed by atoms with Crippen LogP contribution in [0.15, 0.2) is 156 Å². The maximum atomic E-state index is 6.29. The average molecular weight is 600 g/mol. The second-order valence-corrected chi connectivity index (χ2v) is 12.1. The van der Waals surface area contributed by atoms with Crippen molar-refractivity contribution < 1.29 is 4.42 Å². The molecule has 0 bridgehead atoms. The molecule has 10 rings (SSSR count). The maximum Gasteiger partial charge on any atom is 0.164 e. The second kappa shape index (κ2) is 10.1. The summed E-state index contributed by atoms with van der Waals surface area (Å²) in [7, 11) is 0. The fraction of sp³-hybridized carbons (Fsp3) is 0. The lowest BCUT2D eigenvalue weighted by atomic mass is 9.94. The maximum absolute atomic E-state index is 6.29. The van der Waals surface area contributed by atoms with Gasteiger partial charge in [0.2, 0.25) is 0 Å². The number of rotatable bonds is 3. The van der Waals surface area contributed by atoms with Crippen LogP contribution >= 0.6 is 0 Å². The Balaban J connectivity index is 1.17.